The zero-order valence-corrected chi connectivity index (χ0v) is 13.7. The maximum absolute atomic E-state index is 6.07. The topological polar surface area (TPSA) is 25.2 Å². The summed E-state index contributed by atoms with van der Waals surface area (Å²) in [6, 6.07) is 5.92. The summed E-state index contributed by atoms with van der Waals surface area (Å²) in [6.45, 7) is 2.92. The van der Waals surface area contributed by atoms with E-state index in [9.17, 15) is 0 Å². The lowest BCUT2D eigenvalue weighted by Crippen LogP contribution is -2.20. The molecule has 2 nitrogen and oxygen atoms in total. The summed E-state index contributed by atoms with van der Waals surface area (Å²) in [7, 11) is 0. The van der Waals surface area contributed by atoms with Crippen molar-refractivity contribution in [3.63, 3.8) is 0 Å². The smallest absolute Gasteiger partial charge is 0.169 e. The van der Waals surface area contributed by atoms with Gasteiger partial charge in [-0.2, -0.15) is 0 Å². The largest absolute Gasteiger partial charge is 0.452 e. The number of rotatable bonds is 4. The van der Waals surface area contributed by atoms with Gasteiger partial charge in [-0.05, 0) is 56.6 Å². The Morgan fingerprint density at radius 2 is 2.24 bits per heavy atom. The van der Waals surface area contributed by atoms with E-state index >= 15 is 0 Å². The first-order chi connectivity index (χ1) is 8.11. The van der Waals surface area contributed by atoms with Crippen LogP contribution in [0.4, 0.5) is 0 Å². The molecule has 0 amide bonds. The summed E-state index contributed by atoms with van der Waals surface area (Å²) in [5.74, 6) is 0.879. The number of furan rings is 1. The summed E-state index contributed by atoms with van der Waals surface area (Å²) < 4.78 is 8.02. The average molecular weight is 400 g/mol. The van der Waals surface area contributed by atoms with Crippen LogP contribution >= 0.6 is 54.8 Å². The van der Waals surface area contributed by atoms with E-state index in [2.05, 4.69) is 44.1 Å². The van der Waals surface area contributed by atoms with Gasteiger partial charge in [0, 0.05) is 9.35 Å². The minimum Gasteiger partial charge on any atom is -0.452 e. The van der Waals surface area contributed by atoms with Crippen LogP contribution in [0.15, 0.2) is 31.8 Å². The number of nitrogens with one attached hydrogen (secondary N) is 1. The molecule has 0 fully saturated rings. The third-order valence-electron chi connectivity index (χ3n) is 2.24. The van der Waals surface area contributed by atoms with E-state index in [4.69, 9.17) is 16.0 Å². The zero-order valence-electron chi connectivity index (χ0n) is 8.97. The van der Waals surface area contributed by atoms with Crippen molar-refractivity contribution in [3.8, 4) is 0 Å². The molecule has 92 valence electrons. The van der Waals surface area contributed by atoms with E-state index in [1.54, 1.807) is 11.3 Å². The van der Waals surface area contributed by atoms with Gasteiger partial charge in [0.05, 0.1) is 0 Å². The van der Waals surface area contributed by atoms with Crippen molar-refractivity contribution in [1.29, 1.82) is 0 Å². The molecule has 1 atom stereocenters. The molecule has 2 heterocycles. The first kappa shape index (κ1) is 13.6. The van der Waals surface area contributed by atoms with Gasteiger partial charge in [0.15, 0.2) is 4.67 Å². The van der Waals surface area contributed by atoms with Crippen molar-refractivity contribution in [2.75, 3.05) is 6.54 Å². The van der Waals surface area contributed by atoms with Crippen molar-refractivity contribution < 1.29 is 4.42 Å². The molecule has 1 N–H and O–H groups in total. The summed E-state index contributed by atoms with van der Waals surface area (Å²) >= 11 is 14.4. The lowest BCUT2D eigenvalue weighted by Gasteiger charge is -2.13. The fraction of sp³-hybridized carbons (Fsp3) is 0.273. The Bertz CT molecular complexity index is 492. The Hall–Kier alpha value is 0.190. The average Bonchev–Trinajstić information content (AvgIpc) is 2.83. The normalized spacial score (nSPS) is 12.9. The third kappa shape index (κ3) is 3.15. The molecule has 17 heavy (non-hydrogen) atoms. The molecular formula is C11H10Br2ClNOS. The fourth-order valence-electron chi connectivity index (χ4n) is 1.53. The lowest BCUT2D eigenvalue weighted by molar-refractivity contribution is 0.440. The highest BCUT2D eigenvalue weighted by atomic mass is 79.9. The van der Waals surface area contributed by atoms with E-state index in [0.717, 1.165) is 30.7 Å². The van der Waals surface area contributed by atoms with Crippen LogP contribution in [0.3, 0.4) is 0 Å². The van der Waals surface area contributed by atoms with Crippen molar-refractivity contribution in [2.24, 2.45) is 0 Å². The van der Waals surface area contributed by atoms with Crippen molar-refractivity contribution >= 4 is 54.8 Å². The van der Waals surface area contributed by atoms with Gasteiger partial charge in [0.2, 0.25) is 0 Å². The molecule has 0 aliphatic rings. The maximum atomic E-state index is 6.07. The van der Waals surface area contributed by atoms with Gasteiger partial charge in [0.1, 0.15) is 16.1 Å². The van der Waals surface area contributed by atoms with Crippen LogP contribution in [0.5, 0.6) is 0 Å². The third-order valence-corrected chi connectivity index (χ3v) is 5.20. The summed E-state index contributed by atoms with van der Waals surface area (Å²) in [4.78, 5) is 1.13. The first-order valence-corrected chi connectivity index (χ1v) is 7.83. The molecule has 2 rings (SSSR count). The second-order valence-corrected chi connectivity index (χ2v) is 6.72. The van der Waals surface area contributed by atoms with Gasteiger partial charge in [-0.25, -0.2) is 0 Å². The van der Waals surface area contributed by atoms with E-state index in [-0.39, 0.29) is 6.04 Å². The van der Waals surface area contributed by atoms with Gasteiger partial charge in [-0.15, -0.1) is 11.3 Å². The van der Waals surface area contributed by atoms with Crippen LogP contribution in [0.1, 0.15) is 23.6 Å². The number of thiophene rings is 1. The molecule has 1 unspecified atom stereocenters. The van der Waals surface area contributed by atoms with Crippen LogP contribution in [0, 0.1) is 0 Å². The SMILES string of the molecule is CCNC(c1ccc(Br)o1)c1cc(Br)c(Cl)s1. The molecule has 0 radical (unpaired) electrons. The number of hydrogen-bond acceptors (Lipinski definition) is 3. The van der Waals surface area contributed by atoms with Crippen LogP contribution in [-0.4, -0.2) is 6.54 Å². The Balaban J connectivity index is 2.34. The Kier molecular flexibility index (Phi) is 4.72. The molecule has 0 bridgehead atoms. The zero-order chi connectivity index (χ0) is 12.4. The molecule has 2 aromatic rings. The second-order valence-electron chi connectivity index (χ2n) is 3.40. The monoisotopic (exact) mass is 397 g/mol. The van der Waals surface area contributed by atoms with Crippen LogP contribution in [-0.2, 0) is 0 Å². The highest BCUT2D eigenvalue weighted by Crippen LogP contribution is 2.38. The number of hydrogen-bond donors (Lipinski definition) is 1. The summed E-state index contributed by atoms with van der Waals surface area (Å²) in [5, 5.41) is 3.39. The predicted molar refractivity (Wildman–Crippen MR) is 79.0 cm³/mol. The van der Waals surface area contributed by atoms with Gasteiger partial charge in [-0.3, -0.25) is 0 Å². The highest BCUT2D eigenvalue weighted by molar-refractivity contribution is 9.10. The van der Waals surface area contributed by atoms with Crippen LogP contribution < -0.4 is 5.32 Å². The molecule has 0 saturated heterocycles. The maximum Gasteiger partial charge on any atom is 0.169 e. The molecular weight excluding hydrogens is 389 g/mol. The van der Waals surface area contributed by atoms with Gasteiger partial charge in [0.25, 0.3) is 0 Å². The predicted octanol–water partition coefficient (Wildman–Crippen LogP) is 5.22. The Morgan fingerprint density at radius 1 is 1.47 bits per heavy atom. The highest BCUT2D eigenvalue weighted by Gasteiger charge is 2.20. The molecule has 0 saturated carbocycles. The van der Waals surface area contributed by atoms with Crippen molar-refractivity contribution in [1.82, 2.24) is 5.32 Å². The molecule has 0 aliphatic carbocycles. The quantitative estimate of drug-likeness (QED) is 0.763. The molecule has 6 heteroatoms. The lowest BCUT2D eigenvalue weighted by atomic mass is 10.2. The van der Waals surface area contributed by atoms with Gasteiger partial charge in [-0.1, -0.05) is 18.5 Å². The minimum atomic E-state index is 0.0418. The van der Waals surface area contributed by atoms with Crippen molar-refractivity contribution in [2.45, 2.75) is 13.0 Å². The number of halogens is 3. The molecule has 0 spiro atoms. The summed E-state index contributed by atoms with van der Waals surface area (Å²) in [5.41, 5.74) is 0. The van der Waals surface area contributed by atoms with Crippen LogP contribution in [0.25, 0.3) is 0 Å². The standard InChI is InChI=1S/C11H10Br2ClNOS/c1-2-15-10(7-3-4-9(13)16-7)8-5-6(12)11(14)17-8/h3-5,10,15H,2H2,1H3. The van der Waals surface area contributed by atoms with Crippen molar-refractivity contribution in [3.05, 3.63) is 42.3 Å². The summed E-state index contributed by atoms with van der Waals surface area (Å²) in [6.07, 6.45) is 0. The Labute approximate surface area is 126 Å². The second kappa shape index (κ2) is 5.89. The molecule has 0 aromatic carbocycles. The minimum absolute atomic E-state index is 0.0418. The van der Waals surface area contributed by atoms with E-state index in [1.807, 2.05) is 18.2 Å². The van der Waals surface area contributed by atoms with E-state index < -0.39 is 0 Å². The van der Waals surface area contributed by atoms with Crippen LogP contribution in [0.2, 0.25) is 4.34 Å². The van der Waals surface area contributed by atoms with E-state index in [1.165, 1.54) is 0 Å². The van der Waals surface area contributed by atoms with E-state index in [0.29, 0.717) is 0 Å². The Morgan fingerprint density at radius 3 is 2.71 bits per heavy atom. The van der Waals surface area contributed by atoms with Gasteiger partial charge < -0.3 is 9.73 Å². The molecule has 2 aromatic heterocycles. The fourth-order valence-corrected chi connectivity index (χ4v) is 3.67. The van der Waals surface area contributed by atoms with Gasteiger partial charge >= 0.3 is 0 Å². The first-order valence-electron chi connectivity index (χ1n) is 5.05. The molecule has 0 aliphatic heterocycles.